The van der Waals surface area contributed by atoms with Gasteiger partial charge in [-0.2, -0.15) is 0 Å². The van der Waals surface area contributed by atoms with Crippen molar-refractivity contribution in [1.82, 2.24) is 10.3 Å². The fraction of sp³-hybridized carbons (Fsp3) is 0.667. The number of nitrogen functional groups attached to an aromatic ring is 1. The van der Waals surface area contributed by atoms with Crippen LogP contribution in [0.15, 0.2) is 0 Å². The van der Waals surface area contributed by atoms with Crippen LogP contribution in [0.2, 0.25) is 0 Å². The van der Waals surface area contributed by atoms with Gasteiger partial charge in [0.15, 0.2) is 5.13 Å². The Balaban J connectivity index is 2.05. The zero-order chi connectivity index (χ0) is 15.6. The summed E-state index contributed by atoms with van der Waals surface area (Å²) in [5.41, 5.74) is 5.81. The Morgan fingerprint density at radius 2 is 2.10 bits per heavy atom. The number of anilines is 2. The molecule has 0 aliphatic carbocycles. The number of hydrogen-bond donors (Lipinski definition) is 2. The van der Waals surface area contributed by atoms with Crippen LogP contribution in [0.3, 0.4) is 0 Å². The van der Waals surface area contributed by atoms with Gasteiger partial charge in [0.25, 0.3) is 5.91 Å². The minimum atomic E-state index is -3.14. The van der Waals surface area contributed by atoms with Gasteiger partial charge in [-0.1, -0.05) is 11.3 Å². The van der Waals surface area contributed by atoms with E-state index in [0.717, 1.165) is 37.3 Å². The van der Waals surface area contributed by atoms with E-state index in [9.17, 15) is 13.2 Å². The van der Waals surface area contributed by atoms with Crippen LogP contribution < -0.4 is 16.0 Å². The maximum atomic E-state index is 12.2. The Hall–Kier alpha value is -1.35. The molecule has 0 aromatic carbocycles. The molecule has 2 rings (SSSR count). The SMILES string of the molecule is CC(CS(C)(=O)=O)NC(=O)c1sc(N2CCCC2)nc1N. The number of thiazole rings is 1. The molecule has 1 aromatic rings. The molecule has 1 aromatic heterocycles. The number of rotatable bonds is 5. The maximum absolute atomic E-state index is 12.2. The number of amides is 1. The van der Waals surface area contributed by atoms with Gasteiger partial charge >= 0.3 is 0 Å². The first-order chi connectivity index (χ1) is 9.76. The molecule has 21 heavy (non-hydrogen) atoms. The molecule has 1 fully saturated rings. The minimum absolute atomic E-state index is 0.101. The van der Waals surface area contributed by atoms with E-state index in [1.807, 2.05) is 0 Å². The predicted octanol–water partition coefficient (Wildman–Crippen LogP) is 0.488. The third kappa shape index (κ3) is 4.31. The number of hydrogen-bond acceptors (Lipinski definition) is 7. The number of sulfone groups is 1. The molecule has 9 heteroatoms. The van der Waals surface area contributed by atoms with E-state index in [0.29, 0.717) is 4.88 Å². The summed E-state index contributed by atoms with van der Waals surface area (Å²) in [6, 6.07) is -0.468. The summed E-state index contributed by atoms with van der Waals surface area (Å²) in [7, 11) is -3.14. The van der Waals surface area contributed by atoms with E-state index >= 15 is 0 Å². The average molecular weight is 332 g/mol. The number of carbonyl (C=O) groups is 1. The minimum Gasteiger partial charge on any atom is -0.382 e. The van der Waals surface area contributed by atoms with Crippen LogP contribution in [-0.2, 0) is 9.84 Å². The monoisotopic (exact) mass is 332 g/mol. The first kappa shape index (κ1) is 16.0. The van der Waals surface area contributed by atoms with Crippen molar-refractivity contribution in [1.29, 1.82) is 0 Å². The Labute approximate surface area is 128 Å². The van der Waals surface area contributed by atoms with E-state index in [1.165, 1.54) is 11.3 Å². The molecule has 1 unspecified atom stereocenters. The fourth-order valence-corrected chi connectivity index (χ4v) is 4.24. The molecular weight excluding hydrogens is 312 g/mol. The Morgan fingerprint density at radius 1 is 1.48 bits per heavy atom. The number of carbonyl (C=O) groups excluding carboxylic acids is 1. The molecule has 0 radical (unpaired) electrons. The maximum Gasteiger partial charge on any atom is 0.265 e. The van der Waals surface area contributed by atoms with E-state index in [-0.39, 0.29) is 17.5 Å². The van der Waals surface area contributed by atoms with Crippen molar-refractivity contribution < 1.29 is 13.2 Å². The molecule has 0 spiro atoms. The summed E-state index contributed by atoms with van der Waals surface area (Å²) in [5, 5.41) is 3.41. The smallest absolute Gasteiger partial charge is 0.265 e. The van der Waals surface area contributed by atoms with Gasteiger partial charge in [-0.15, -0.1) is 0 Å². The van der Waals surface area contributed by atoms with Crippen LogP contribution >= 0.6 is 11.3 Å². The molecule has 7 nitrogen and oxygen atoms in total. The van der Waals surface area contributed by atoms with E-state index < -0.39 is 15.9 Å². The topological polar surface area (TPSA) is 105 Å². The summed E-state index contributed by atoms with van der Waals surface area (Å²) < 4.78 is 22.4. The second-order valence-electron chi connectivity index (χ2n) is 5.37. The zero-order valence-electron chi connectivity index (χ0n) is 12.1. The lowest BCUT2D eigenvalue weighted by atomic mass is 10.3. The Bertz CT molecular complexity index is 620. The van der Waals surface area contributed by atoms with Gasteiger partial charge in [0, 0.05) is 25.4 Å². The van der Waals surface area contributed by atoms with Crippen LogP contribution in [0, 0.1) is 0 Å². The summed E-state index contributed by atoms with van der Waals surface area (Å²) in [6.07, 6.45) is 3.38. The lowest BCUT2D eigenvalue weighted by Crippen LogP contribution is -2.37. The van der Waals surface area contributed by atoms with Crippen molar-refractivity contribution in [3.63, 3.8) is 0 Å². The Morgan fingerprint density at radius 3 is 2.67 bits per heavy atom. The van der Waals surface area contributed by atoms with Crippen LogP contribution in [-0.4, -0.2) is 50.4 Å². The van der Waals surface area contributed by atoms with Crippen molar-refractivity contribution in [2.75, 3.05) is 35.7 Å². The van der Waals surface area contributed by atoms with Gasteiger partial charge < -0.3 is 16.0 Å². The highest BCUT2D eigenvalue weighted by Crippen LogP contribution is 2.30. The summed E-state index contributed by atoms with van der Waals surface area (Å²) >= 11 is 1.25. The van der Waals surface area contributed by atoms with Gasteiger partial charge in [-0.05, 0) is 19.8 Å². The molecule has 1 aliphatic rings. The van der Waals surface area contributed by atoms with Crippen molar-refractivity contribution in [2.45, 2.75) is 25.8 Å². The third-order valence-corrected chi connectivity index (χ3v) is 5.39. The lowest BCUT2D eigenvalue weighted by Gasteiger charge is -2.12. The predicted molar refractivity (Wildman–Crippen MR) is 84.6 cm³/mol. The molecule has 2 heterocycles. The van der Waals surface area contributed by atoms with Crippen molar-refractivity contribution >= 4 is 38.0 Å². The first-order valence-corrected chi connectivity index (χ1v) is 9.64. The molecule has 1 aliphatic heterocycles. The molecule has 1 amide bonds. The normalized spacial score (nSPS) is 17.0. The van der Waals surface area contributed by atoms with Crippen LogP contribution in [0.1, 0.15) is 29.4 Å². The lowest BCUT2D eigenvalue weighted by molar-refractivity contribution is 0.0948. The van der Waals surface area contributed by atoms with E-state index in [4.69, 9.17) is 5.73 Å². The van der Waals surface area contributed by atoms with Gasteiger partial charge in [0.05, 0.1) is 5.75 Å². The largest absolute Gasteiger partial charge is 0.382 e. The molecule has 3 N–H and O–H groups in total. The summed E-state index contributed by atoms with van der Waals surface area (Å²) in [5.74, 6) is -0.270. The number of nitrogens with zero attached hydrogens (tertiary/aromatic N) is 2. The number of nitrogens with one attached hydrogen (secondary N) is 1. The number of nitrogens with two attached hydrogens (primary N) is 1. The Kier molecular flexibility index (Phi) is 4.72. The van der Waals surface area contributed by atoms with E-state index in [2.05, 4.69) is 15.2 Å². The van der Waals surface area contributed by atoms with Gasteiger partial charge in [0.1, 0.15) is 20.5 Å². The third-order valence-electron chi connectivity index (χ3n) is 3.16. The quantitative estimate of drug-likeness (QED) is 0.813. The fourth-order valence-electron chi connectivity index (χ4n) is 2.31. The van der Waals surface area contributed by atoms with E-state index in [1.54, 1.807) is 6.92 Å². The summed E-state index contributed by atoms with van der Waals surface area (Å²) in [4.78, 5) is 18.8. The molecule has 0 bridgehead atoms. The van der Waals surface area contributed by atoms with Crippen LogP contribution in [0.4, 0.5) is 10.9 Å². The average Bonchev–Trinajstić information content (AvgIpc) is 2.94. The van der Waals surface area contributed by atoms with Crippen molar-refractivity contribution in [2.24, 2.45) is 0 Å². The summed E-state index contributed by atoms with van der Waals surface area (Å²) in [6.45, 7) is 3.51. The standard InChI is InChI=1S/C12H20N4O3S2/c1-8(7-21(2,18)19)14-11(17)9-10(13)15-12(20-9)16-5-3-4-6-16/h8H,3-7,13H2,1-2H3,(H,14,17). The highest BCUT2D eigenvalue weighted by atomic mass is 32.2. The second kappa shape index (κ2) is 6.18. The molecular formula is C12H20N4O3S2. The first-order valence-electron chi connectivity index (χ1n) is 6.76. The molecule has 1 saturated heterocycles. The highest BCUT2D eigenvalue weighted by Gasteiger charge is 2.23. The van der Waals surface area contributed by atoms with Crippen molar-refractivity contribution in [3.05, 3.63) is 4.88 Å². The van der Waals surface area contributed by atoms with Gasteiger partial charge in [-0.25, -0.2) is 13.4 Å². The highest BCUT2D eigenvalue weighted by molar-refractivity contribution is 7.90. The second-order valence-corrected chi connectivity index (χ2v) is 8.53. The van der Waals surface area contributed by atoms with Gasteiger partial charge in [-0.3, -0.25) is 4.79 Å². The van der Waals surface area contributed by atoms with Crippen molar-refractivity contribution in [3.8, 4) is 0 Å². The zero-order valence-corrected chi connectivity index (χ0v) is 13.8. The van der Waals surface area contributed by atoms with Gasteiger partial charge in [0.2, 0.25) is 0 Å². The van der Waals surface area contributed by atoms with Crippen LogP contribution in [0.25, 0.3) is 0 Å². The van der Waals surface area contributed by atoms with Crippen LogP contribution in [0.5, 0.6) is 0 Å². The molecule has 0 saturated carbocycles. The number of aromatic nitrogens is 1. The molecule has 118 valence electrons. The molecule has 1 atom stereocenters.